The number of rotatable bonds is 4. The first-order chi connectivity index (χ1) is 14.7. The van der Waals surface area contributed by atoms with Crippen molar-refractivity contribution in [1.29, 1.82) is 0 Å². The van der Waals surface area contributed by atoms with E-state index in [0.717, 1.165) is 34.6 Å². The Morgan fingerprint density at radius 2 is 1.80 bits per heavy atom. The second kappa shape index (κ2) is 7.65. The summed E-state index contributed by atoms with van der Waals surface area (Å²) in [6, 6.07) is 16.1. The van der Waals surface area contributed by atoms with Gasteiger partial charge in [0.25, 0.3) is 0 Å². The van der Waals surface area contributed by atoms with Crippen LogP contribution in [0.1, 0.15) is 35.9 Å². The Kier molecular flexibility index (Phi) is 4.83. The van der Waals surface area contributed by atoms with Gasteiger partial charge in [-0.2, -0.15) is 10.1 Å². The number of anilines is 1. The second-order valence-electron chi connectivity index (χ2n) is 7.52. The van der Waals surface area contributed by atoms with Crippen molar-refractivity contribution in [3.05, 3.63) is 77.3 Å². The van der Waals surface area contributed by atoms with Crippen LogP contribution in [0, 0.1) is 0 Å². The molecule has 0 amide bonds. The number of fused-ring (bicyclic) bond motifs is 1. The van der Waals surface area contributed by atoms with E-state index in [1.807, 2.05) is 28.9 Å². The Labute approximate surface area is 179 Å². The molecule has 3 aromatic rings. The van der Waals surface area contributed by atoms with Crippen LogP contribution in [0.4, 0.5) is 5.95 Å². The first-order valence-corrected chi connectivity index (χ1v) is 11.1. The zero-order chi connectivity index (χ0) is 20.7. The van der Waals surface area contributed by atoms with E-state index < -0.39 is 0 Å². The fourth-order valence-corrected chi connectivity index (χ4v) is 4.77. The lowest BCUT2D eigenvalue weighted by molar-refractivity contribution is -0.116. The maximum absolute atomic E-state index is 13.4. The van der Waals surface area contributed by atoms with Gasteiger partial charge in [0.2, 0.25) is 5.95 Å². The van der Waals surface area contributed by atoms with E-state index in [4.69, 9.17) is 4.74 Å². The number of thioether (sulfide) groups is 1. The number of aromatic nitrogens is 3. The van der Waals surface area contributed by atoms with Gasteiger partial charge in [-0.15, -0.1) is 11.8 Å². The van der Waals surface area contributed by atoms with Crippen LogP contribution in [-0.4, -0.2) is 33.9 Å². The lowest BCUT2D eigenvalue weighted by atomic mass is 9.78. The van der Waals surface area contributed by atoms with Gasteiger partial charge in [-0.05, 0) is 54.0 Å². The van der Waals surface area contributed by atoms with Crippen molar-refractivity contribution in [2.45, 2.75) is 29.7 Å². The maximum atomic E-state index is 13.4. The zero-order valence-corrected chi connectivity index (χ0v) is 17.6. The Hall–Kier alpha value is -3.06. The summed E-state index contributed by atoms with van der Waals surface area (Å²) in [5.41, 5.74) is 3.94. The third kappa shape index (κ3) is 3.19. The first-order valence-electron chi connectivity index (χ1n) is 9.88. The molecule has 1 aliphatic carbocycles. The lowest BCUT2D eigenvalue weighted by Crippen LogP contribution is -2.33. The average molecular weight is 419 g/mol. The topological polar surface area (TPSA) is 69.0 Å². The van der Waals surface area contributed by atoms with Crippen molar-refractivity contribution in [2.75, 3.05) is 18.7 Å². The van der Waals surface area contributed by atoms with Gasteiger partial charge < -0.3 is 10.1 Å². The highest BCUT2D eigenvalue weighted by Gasteiger charge is 2.39. The van der Waals surface area contributed by atoms with E-state index in [1.165, 1.54) is 11.2 Å². The molecule has 1 aliphatic heterocycles. The van der Waals surface area contributed by atoms with Crippen molar-refractivity contribution >= 4 is 23.5 Å². The molecule has 7 heteroatoms. The summed E-state index contributed by atoms with van der Waals surface area (Å²) in [5.74, 6) is 1.78. The SMILES string of the molecule is COc1ccc([C@@H]2CC(=O)C3=C(C2)Nc2ncnn2[C@@H]3c2ccc(SC)cc2)cc1. The molecule has 5 rings (SSSR count). The van der Waals surface area contributed by atoms with Crippen LogP contribution in [0.25, 0.3) is 0 Å². The minimum atomic E-state index is -0.251. The van der Waals surface area contributed by atoms with Crippen LogP contribution in [0.3, 0.4) is 0 Å². The van der Waals surface area contributed by atoms with Crippen LogP contribution in [0.5, 0.6) is 5.75 Å². The molecule has 1 N–H and O–H groups in total. The number of hydrogen-bond acceptors (Lipinski definition) is 6. The number of carbonyl (C=O) groups is 1. The largest absolute Gasteiger partial charge is 0.497 e. The van der Waals surface area contributed by atoms with E-state index in [-0.39, 0.29) is 17.7 Å². The first kappa shape index (κ1) is 18.9. The number of ether oxygens (including phenoxy) is 1. The number of nitrogens with one attached hydrogen (secondary N) is 1. The van der Waals surface area contributed by atoms with E-state index in [1.54, 1.807) is 18.9 Å². The number of Topliss-reactive ketones (excluding diaryl/α,β-unsaturated/α-hetero) is 1. The number of benzene rings is 2. The molecule has 2 aliphatic rings. The van der Waals surface area contributed by atoms with E-state index in [0.29, 0.717) is 12.4 Å². The number of nitrogens with zero attached hydrogens (tertiary/aromatic N) is 3. The second-order valence-corrected chi connectivity index (χ2v) is 8.40. The predicted molar refractivity (Wildman–Crippen MR) is 117 cm³/mol. The smallest absolute Gasteiger partial charge is 0.226 e. The average Bonchev–Trinajstić information content (AvgIpc) is 3.26. The Morgan fingerprint density at radius 1 is 1.07 bits per heavy atom. The summed E-state index contributed by atoms with van der Waals surface area (Å²) in [6.07, 6.45) is 4.84. The number of hydrogen-bond donors (Lipinski definition) is 1. The fourth-order valence-electron chi connectivity index (χ4n) is 4.36. The number of carbonyl (C=O) groups excluding carboxylic acids is 1. The summed E-state index contributed by atoms with van der Waals surface area (Å²) in [5, 5.41) is 7.79. The molecule has 0 saturated heterocycles. The molecule has 0 saturated carbocycles. The molecule has 2 atom stereocenters. The highest BCUT2D eigenvalue weighted by molar-refractivity contribution is 7.98. The number of ketones is 1. The molecule has 0 fully saturated rings. The van der Waals surface area contributed by atoms with Gasteiger partial charge in [-0.25, -0.2) is 4.68 Å². The van der Waals surface area contributed by atoms with E-state index in [9.17, 15) is 4.79 Å². The van der Waals surface area contributed by atoms with Gasteiger partial charge in [0.05, 0.1) is 7.11 Å². The number of methoxy groups -OCH3 is 1. The fraction of sp³-hybridized carbons (Fsp3) is 0.261. The normalized spacial score (nSPS) is 20.4. The third-order valence-corrected chi connectivity index (χ3v) is 6.62. The molecule has 152 valence electrons. The molecule has 0 spiro atoms. The highest BCUT2D eigenvalue weighted by Crippen LogP contribution is 2.44. The van der Waals surface area contributed by atoms with Crippen LogP contribution in [-0.2, 0) is 4.79 Å². The molecular weight excluding hydrogens is 396 g/mol. The summed E-state index contributed by atoms with van der Waals surface area (Å²) in [6.45, 7) is 0. The van der Waals surface area contributed by atoms with E-state index >= 15 is 0 Å². The van der Waals surface area contributed by atoms with Gasteiger partial charge in [0.1, 0.15) is 18.1 Å². The molecule has 0 bridgehead atoms. The summed E-state index contributed by atoms with van der Waals surface area (Å²) in [7, 11) is 1.66. The molecule has 0 unspecified atom stereocenters. The molecule has 2 heterocycles. The molecule has 30 heavy (non-hydrogen) atoms. The predicted octanol–water partition coefficient (Wildman–Crippen LogP) is 4.42. The minimum Gasteiger partial charge on any atom is -0.497 e. The molecule has 2 aromatic carbocycles. The van der Waals surface area contributed by atoms with Crippen LogP contribution < -0.4 is 10.1 Å². The summed E-state index contributed by atoms with van der Waals surface area (Å²) in [4.78, 5) is 19.0. The molecule has 1 aromatic heterocycles. The monoisotopic (exact) mass is 418 g/mol. The maximum Gasteiger partial charge on any atom is 0.226 e. The van der Waals surface area contributed by atoms with Gasteiger partial charge in [-0.1, -0.05) is 24.3 Å². The van der Waals surface area contributed by atoms with Gasteiger partial charge in [0, 0.05) is 22.6 Å². The van der Waals surface area contributed by atoms with Crippen molar-refractivity contribution < 1.29 is 9.53 Å². The molecule has 0 radical (unpaired) electrons. The summed E-state index contributed by atoms with van der Waals surface area (Å²) >= 11 is 1.70. The van der Waals surface area contributed by atoms with Crippen molar-refractivity contribution in [3.63, 3.8) is 0 Å². The Morgan fingerprint density at radius 3 is 2.50 bits per heavy atom. The van der Waals surface area contributed by atoms with E-state index in [2.05, 4.69) is 45.9 Å². The van der Waals surface area contributed by atoms with Gasteiger partial charge in [-0.3, -0.25) is 4.79 Å². The third-order valence-electron chi connectivity index (χ3n) is 5.88. The Balaban J connectivity index is 1.54. The van der Waals surface area contributed by atoms with Crippen molar-refractivity contribution in [1.82, 2.24) is 14.8 Å². The molecule has 6 nitrogen and oxygen atoms in total. The summed E-state index contributed by atoms with van der Waals surface area (Å²) < 4.78 is 7.08. The van der Waals surface area contributed by atoms with Crippen LogP contribution in [0.15, 0.2) is 71.0 Å². The minimum absolute atomic E-state index is 0.128. The quantitative estimate of drug-likeness (QED) is 0.633. The van der Waals surface area contributed by atoms with Gasteiger partial charge >= 0.3 is 0 Å². The Bertz CT molecular complexity index is 1120. The van der Waals surface area contributed by atoms with Crippen molar-refractivity contribution in [3.8, 4) is 5.75 Å². The van der Waals surface area contributed by atoms with Crippen molar-refractivity contribution in [2.24, 2.45) is 0 Å². The van der Waals surface area contributed by atoms with Crippen LogP contribution >= 0.6 is 11.8 Å². The standard InChI is InChI=1S/C23H22N4O2S/c1-29-17-7-3-14(4-8-17)16-11-19-21(20(28)12-16)22(27-23(26-19)24-13-25-27)15-5-9-18(30-2)10-6-15/h3-10,13,16,22H,11-12H2,1-2H3,(H,24,25,26)/t16-,22+/m0/s1. The highest BCUT2D eigenvalue weighted by atomic mass is 32.2. The van der Waals surface area contributed by atoms with Gasteiger partial charge in [0.15, 0.2) is 5.78 Å². The number of allylic oxidation sites excluding steroid dienone is 2. The zero-order valence-electron chi connectivity index (χ0n) is 16.8. The molecular formula is C23H22N4O2S. The van der Waals surface area contributed by atoms with Crippen LogP contribution in [0.2, 0.25) is 0 Å². The lowest BCUT2D eigenvalue weighted by Gasteiger charge is -2.35.